The van der Waals surface area contributed by atoms with Crippen molar-refractivity contribution in [3.8, 4) is 5.75 Å². The standard InChI is InChI=1S/C24H19BrN2O5/c1-31-22(28)13-27-23(29)20(26-24(27)30)12-15-9-10-21(19(25)11-15)32-14-17-7-4-6-16-5-2-3-8-18(16)17/h2-12H,13-14H2,1H3,(H,26,30)/b20-12+. The van der Waals surface area contributed by atoms with Crippen molar-refractivity contribution in [3.05, 3.63) is 82.0 Å². The molecular formula is C24H19BrN2O5. The summed E-state index contributed by atoms with van der Waals surface area (Å²) in [6.45, 7) is -0.0411. The third-order valence-electron chi connectivity index (χ3n) is 5.01. The van der Waals surface area contributed by atoms with E-state index >= 15 is 0 Å². The molecule has 7 nitrogen and oxygen atoms in total. The molecule has 0 atom stereocenters. The van der Waals surface area contributed by atoms with Gasteiger partial charge in [-0.2, -0.15) is 0 Å². The van der Waals surface area contributed by atoms with Gasteiger partial charge in [0.1, 0.15) is 24.6 Å². The Morgan fingerprint density at radius 2 is 1.88 bits per heavy atom. The van der Waals surface area contributed by atoms with Crippen LogP contribution in [0.1, 0.15) is 11.1 Å². The molecule has 1 aliphatic heterocycles. The third-order valence-corrected chi connectivity index (χ3v) is 5.63. The van der Waals surface area contributed by atoms with Gasteiger partial charge in [0.05, 0.1) is 11.6 Å². The number of urea groups is 1. The molecule has 0 spiro atoms. The molecule has 1 fully saturated rings. The maximum atomic E-state index is 12.4. The Balaban J connectivity index is 1.48. The van der Waals surface area contributed by atoms with Crippen LogP contribution in [-0.2, 0) is 20.9 Å². The molecule has 32 heavy (non-hydrogen) atoms. The summed E-state index contributed by atoms with van der Waals surface area (Å²) in [5.74, 6) is -0.618. The van der Waals surface area contributed by atoms with Gasteiger partial charge in [0.2, 0.25) is 0 Å². The summed E-state index contributed by atoms with van der Waals surface area (Å²) in [7, 11) is 1.19. The highest BCUT2D eigenvalue weighted by molar-refractivity contribution is 9.10. The second-order valence-electron chi connectivity index (χ2n) is 7.07. The zero-order valence-electron chi connectivity index (χ0n) is 17.1. The Morgan fingerprint density at radius 1 is 1.09 bits per heavy atom. The van der Waals surface area contributed by atoms with Crippen LogP contribution >= 0.6 is 15.9 Å². The van der Waals surface area contributed by atoms with Gasteiger partial charge in [-0.05, 0) is 56.0 Å². The molecule has 8 heteroatoms. The summed E-state index contributed by atoms with van der Waals surface area (Å²) in [5.41, 5.74) is 1.83. The molecule has 162 valence electrons. The topological polar surface area (TPSA) is 84.9 Å². The van der Waals surface area contributed by atoms with Gasteiger partial charge >= 0.3 is 12.0 Å². The second-order valence-corrected chi connectivity index (χ2v) is 7.93. The second kappa shape index (κ2) is 9.23. The third kappa shape index (κ3) is 4.50. The predicted molar refractivity (Wildman–Crippen MR) is 123 cm³/mol. The van der Waals surface area contributed by atoms with Crippen molar-refractivity contribution in [3.63, 3.8) is 0 Å². The number of carbonyl (C=O) groups excluding carboxylic acids is 3. The maximum absolute atomic E-state index is 12.4. The van der Waals surface area contributed by atoms with Gasteiger partial charge in [-0.3, -0.25) is 9.59 Å². The first kappa shape index (κ1) is 21.6. The summed E-state index contributed by atoms with van der Waals surface area (Å²) in [5, 5.41) is 4.76. The van der Waals surface area contributed by atoms with Crippen LogP contribution in [0.25, 0.3) is 16.8 Å². The normalized spacial score (nSPS) is 14.7. The number of methoxy groups -OCH3 is 1. The van der Waals surface area contributed by atoms with Gasteiger partial charge in [0.25, 0.3) is 5.91 Å². The number of fused-ring (bicyclic) bond motifs is 1. The lowest BCUT2D eigenvalue weighted by Gasteiger charge is -2.11. The molecule has 1 N–H and O–H groups in total. The minimum atomic E-state index is -0.676. The Labute approximate surface area is 192 Å². The van der Waals surface area contributed by atoms with E-state index in [1.54, 1.807) is 18.2 Å². The predicted octanol–water partition coefficient (Wildman–Crippen LogP) is 4.25. The highest BCUT2D eigenvalue weighted by atomic mass is 79.9. The van der Waals surface area contributed by atoms with Gasteiger partial charge < -0.3 is 14.8 Å². The average molecular weight is 495 g/mol. The molecule has 0 aliphatic carbocycles. The van der Waals surface area contributed by atoms with Crippen molar-refractivity contribution in [1.82, 2.24) is 10.2 Å². The van der Waals surface area contributed by atoms with Crippen molar-refractivity contribution >= 4 is 50.7 Å². The van der Waals surface area contributed by atoms with Gasteiger partial charge in [-0.15, -0.1) is 0 Å². The van der Waals surface area contributed by atoms with Crippen LogP contribution in [0.15, 0.2) is 70.8 Å². The summed E-state index contributed by atoms with van der Waals surface area (Å²) in [6.07, 6.45) is 1.54. The zero-order chi connectivity index (χ0) is 22.7. The molecule has 1 heterocycles. The quantitative estimate of drug-likeness (QED) is 0.314. The maximum Gasteiger partial charge on any atom is 0.329 e. The summed E-state index contributed by atoms with van der Waals surface area (Å²) < 4.78 is 11.2. The SMILES string of the molecule is COC(=O)CN1C(=O)N/C(=C/c2ccc(OCc3cccc4ccccc34)c(Br)c2)C1=O. The van der Waals surface area contributed by atoms with Crippen LogP contribution in [0.5, 0.6) is 5.75 Å². The number of imide groups is 1. The largest absolute Gasteiger partial charge is 0.488 e. The van der Waals surface area contributed by atoms with E-state index in [1.165, 1.54) is 13.2 Å². The number of rotatable bonds is 6. The molecule has 1 aliphatic rings. The Kier molecular flexibility index (Phi) is 6.23. The van der Waals surface area contributed by atoms with Crippen molar-refractivity contribution in [2.75, 3.05) is 13.7 Å². The van der Waals surface area contributed by atoms with Crippen LogP contribution in [0, 0.1) is 0 Å². The number of carbonyl (C=O) groups is 3. The Bertz CT molecular complexity index is 1250. The van der Waals surface area contributed by atoms with Gasteiger partial charge in [-0.25, -0.2) is 9.69 Å². The van der Waals surface area contributed by atoms with Gasteiger partial charge in [-0.1, -0.05) is 48.5 Å². The number of esters is 1. The van der Waals surface area contributed by atoms with E-state index in [0.717, 1.165) is 21.2 Å². The molecular weight excluding hydrogens is 476 g/mol. The van der Waals surface area contributed by atoms with Crippen molar-refractivity contribution < 1.29 is 23.9 Å². The summed E-state index contributed by atoms with van der Waals surface area (Å²) in [4.78, 5) is 36.6. The highest BCUT2D eigenvalue weighted by Crippen LogP contribution is 2.29. The zero-order valence-corrected chi connectivity index (χ0v) is 18.7. The molecule has 4 rings (SSSR count). The Hall–Kier alpha value is -3.65. The number of benzene rings is 3. The summed E-state index contributed by atoms with van der Waals surface area (Å²) in [6, 6.07) is 18.9. The monoisotopic (exact) mass is 494 g/mol. The fourth-order valence-electron chi connectivity index (χ4n) is 3.37. The molecule has 0 saturated carbocycles. The van der Waals surface area contributed by atoms with E-state index in [9.17, 15) is 14.4 Å². The van der Waals surface area contributed by atoms with E-state index in [0.29, 0.717) is 22.4 Å². The molecule has 3 amide bonds. The summed E-state index contributed by atoms with van der Waals surface area (Å²) >= 11 is 3.50. The molecule has 3 aromatic rings. The van der Waals surface area contributed by atoms with Crippen LogP contribution in [0.4, 0.5) is 4.79 Å². The van der Waals surface area contributed by atoms with Gasteiger partial charge in [0, 0.05) is 0 Å². The van der Waals surface area contributed by atoms with E-state index in [4.69, 9.17) is 4.74 Å². The average Bonchev–Trinajstić information content (AvgIpc) is 3.05. The molecule has 0 bridgehead atoms. The van der Waals surface area contributed by atoms with Crippen LogP contribution in [-0.4, -0.2) is 36.5 Å². The lowest BCUT2D eigenvalue weighted by atomic mass is 10.1. The van der Waals surface area contributed by atoms with E-state index in [-0.39, 0.29) is 5.70 Å². The number of nitrogens with zero attached hydrogens (tertiary/aromatic N) is 1. The number of halogens is 1. The van der Waals surface area contributed by atoms with E-state index < -0.39 is 24.5 Å². The molecule has 0 aromatic heterocycles. The van der Waals surface area contributed by atoms with Crippen molar-refractivity contribution in [2.45, 2.75) is 6.61 Å². The molecule has 0 unspecified atom stereocenters. The number of hydrogen-bond acceptors (Lipinski definition) is 5. The Morgan fingerprint density at radius 3 is 2.66 bits per heavy atom. The van der Waals surface area contributed by atoms with E-state index in [2.05, 4.69) is 44.2 Å². The molecule has 0 radical (unpaired) electrons. The van der Waals surface area contributed by atoms with Crippen molar-refractivity contribution in [2.24, 2.45) is 0 Å². The van der Waals surface area contributed by atoms with Crippen LogP contribution in [0.2, 0.25) is 0 Å². The fourth-order valence-corrected chi connectivity index (χ4v) is 3.88. The van der Waals surface area contributed by atoms with Crippen LogP contribution in [0.3, 0.4) is 0 Å². The minimum Gasteiger partial charge on any atom is -0.488 e. The first-order valence-electron chi connectivity index (χ1n) is 9.76. The molecule has 1 saturated heterocycles. The van der Waals surface area contributed by atoms with Gasteiger partial charge in [0.15, 0.2) is 0 Å². The first-order chi connectivity index (χ1) is 15.5. The van der Waals surface area contributed by atoms with Crippen molar-refractivity contribution in [1.29, 1.82) is 0 Å². The number of ether oxygens (including phenoxy) is 2. The first-order valence-corrected chi connectivity index (χ1v) is 10.6. The minimum absolute atomic E-state index is 0.0789. The lowest BCUT2D eigenvalue weighted by molar-refractivity contribution is -0.143. The van der Waals surface area contributed by atoms with Crippen LogP contribution < -0.4 is 10.1 Å². The number of nitrogens with one attached hydrogen (secondary N) is 1. The number of hydrogen-bond donors (Lipinski definition) is 1. The number of amides is 3. The molecule has 3 aromatic carbocycles. The smallest absolute Gasteiger partial charge is 0.329 e. The highest BCUT2D eigenvalue weighted by Gasteiger charge is 2.35. The fraction of sp³-hybridized carbons (Fsp3) is 0.125. The lowest BCUT2D eigenvalue weighted by Crippen LogP contribution is -2.36. The van der Waals surface area contributed by atoms with E-state index in [1.807, 2.05) is 24.3 Å².